The van der Waals surface area contributed by atoms with Crippen molar-refractivity contribution >= 4 is 5.91 Å². The minimum absolute atomic E-state index is 0.0976. The summed E-state index contributed by atoms with van der Waals surface area (Å²) in [6, 6.07) is -1.85. The molecule has 0 aliphatic carbocycles. The van der Waals surface area contributed by atoms with Gasteiger partial charge in [-0.05, 0) is 6.92 Å². The number of aromatic nitrogens is 3. The normalized spacial score (nSPS) is 13.6. The lowest BCUT2D eigenvalue weighted by Gasteiger charge is -2.17. The molecule has 1 amide bonds. The van der Waals surface area contributed by atoms with Gasteiger partial charge in [0, 0.05) is 7.11 Å². The molecule has 0 fully saturated rings. The maximum Gasteiger partial charge on any atom is 0.410 e. The summed E-state index contributed by atoms with van der Waals surface area (Å²) in [6.45, 7) is 0.817. The first kappa shape index (κ1) is 14.4. The molecule has 18 heavy (non-hydrogen) atoms. The minimum atomic E-state index is -4.46. The fraction of sp³-hybridized carbons (Fsp3) is 0.667. The summed E-state index contributed by atoms with van der Waals surface area (Å²) in [6.07, 6.45) is -4.73. The Bertz CT molecular complexity index is 430. The molecule has 0 radical (unpaired) electrons. The summed E-state index contributed by atoms with van der Waals surface area (Å²) in [5.41, 5.74) is 5.18. The third kappa shape index (κ3) is 3.19. The Labute approximate surface area is 101 Å². The van der Waals surface area contributed by atoms with Crippen LogP contribution >= 0.6 is 0 Å². The van der Waals surface area contributed by atoms with Gasteiger partial charge in [0.1, 0.15) is 6.04 Å². The van der Waals surface area contributed by atoms with Crippen LogP contribution in [0.15, 0.2) is 0 Å². The summed E-state index contributed by atoms with van der Waals surface area (Å²) >= 11 is 0. The lowest BCUT2D eigenvalue weighted by Crippen LogP contribution is -2.26. The Morgan fingerprint density at radius 1 is 1.56 bits per heavy atom. The Morgan fingerprint density at radius 3 is 2.61 bits per heavy atom. The molecule has 1 atom stereocenters. The molecule has 1 aromatic rings. The van der Waals surface area contributed by atoms with Crippen LogP contribution in [0.1, 0.15) is 24.4 Å². The zero-order valence-electron chi connectivity index (χ0n) is 9.86. The van der Waals surface area contributed by atoms with Crippen molar-refractivity contribution in [3.05, 3.63) is 11.4 Å². The highest BCUT2D eigenvalue weighted by atomic mass is 19.4. The van der Waals surface area contributed by atoms with Gasteiger partial charge in [-0.3, -0.25) is 4.79 Å². The van der Waals surface area contributed by atoms with E-state index >= 15 is 0 Å². The molecular weight excluding hydrogens is 253 g/mol. The molecular formula is C9H13F3N4O2. The number of hydrogen-bond donors (Lipinski definition) is 1. The number of methoxy groups -OCH3 is 1. The van der Waals surface area contributed by atoms with Crippen molar-refractivity contribution in [3.63, 3.8) is 0 Å². The predicted molar refractivity (Wildman–Crippen MR) is 54.4 cm³/mol. The average molecular weight is 266 g/mol. The first-order valence-electron chi connectivity index (χ1n) is 5.04. The van der Waals surface area contributed by atoms with Gasteiger partial charge in [-0.1, -0.05) is 5.21 Å². The van der Waals surface area contributed by atoms with E-state index in [4.69, 9.17) is 10.5 Å². The summed E-state index contributed by atoms with van der Waals surface area (Å²) in [4.78, 5) is 10.8. The van der Waals surface area contributed by atoms with E-state index in [-0.39, 0.29) is 24.4 Å². The molecule has 0 saturated carbocycles. The van der Waals surface area contributed by atoms with E-state index in [1.807, 2.05) is 0 Å². The quantitative estimate of drug-likeness (QED) is 0.844. The van der Waals surface area contributed by atoms with Crippen LogP contribution < -0.4 is 5.73 Å². The summed E-state index contributed by atoms with van der Waals surface area (Å²) in [5.74, 6) is -0.695. The average Bonchev–Trinajstić information content (AvgIpc) is 2.59. The van der Waals surface area contributed by atoms with Crippen LogP contribution in [0.2, 0.25) is 0 Å². The van der Waals surface area contributed by atoms with Crippen LogP contribution in [0.4, 0.5) is 13.2 Å². The molecule has 1 heterocycles. The van der Waals surface area contributed by atoms with Crippen molar-refractivity contribution in [3.8, 4) is 0 Å². The van der Waals surface area contributed by atoms with Crippen molar-refractivity contribution in [1.29, 1.82) is 0 Å². The molecule has 0 bridgehead atoms. The van der Waals surface area contributed by atoms with Crippen LogP contribution in [0.25, 0.3) is 0 Å². The number of rotatable bonds is 5. The maximum atomic E-state index is 12.6. The monoisotopic (exact) mass is 266 g/mol. The predicted octanol–water partition coefficient (Wildman–Crippen LogP) is 0.576. The number of halogens is 3. The Morgan fingerprint density at radius 2 is 2.17 bits per heavy atom. The summed E-state index contributed by atoms with van der Waals surface area (Å²) < 4.78 is 43.3. The Kier molecular flexibility index (Phi) is 4.28. The smallest absolute Gasteiger partial charge is 0.378 e. The third-order valence-electron chi connectivity index (χ3n) is 2.33. The van der Waals surface area contributed by atoms with Crippen molar-refractivity contribution in [2.45, 2.75) is 32.2 Å². The first-order chi connectivity index (χ1) is 8.27. The number of nitrogens with zero attached hydrogens (tertiary/aromatic N) is 3. The molecule has 0 aliphatic heterocycles. The lowest BCUT2D eigenvalue weighted by molar-refractivity contribution is -0.166. The molecule has 0 aliphatic rings. The van der Waals surface area contributed by atoms with E-state index in [2.05, 4.69) is 10.3 Å². The molecule has 0 saturated heterocycles. The van der Waals surface area contributed by atoms with Crippen molar-refractivity contribution < 1.29 is 22.7 Å². The molecule has 0 aromatic carbocycles. The summed E-state index contributed by atoms with van der Waals surface area (Å²) in [5, 5.41) is 6.95. The number of carbonyl (C=O) groups is 1. The van der Waals surface area contributed by atoms with Crippen LogP contribution in [-0.2, 0) is 22.6 Å². The molecule has 102 valence electrons. The molecule has 1 aromatic heterocycles. The van der Waals surface area contributed by atoms with Crippen LogP contribution in [0.5, 0.6) is 0 Å². The molecule has 9 heteroatoms. The van der Waals surface area contributed by atoms with Crippen molar-refractivity contribution in [2.24, 2.45) is 5.73 Å². The fourth-order valence-electron chi connectivity index (χ4n) is 1.38. The van der Waals surface area contributed by atoms with Gasteiger partial charge < -0.3 is 10.5 Å². The second kappa shape index (κ2) is 5.34. The van der Waals surface area contributed by atoms with E-state index in [9.17, 15) is 18.0 Å². The van der Waals surface area contributed by atoms with Gasteiger partial charge in [-0.15, -0.1) is 5.10 Å². The number of primary amides is 1. The largest absolute Gasteiger partial charge is 0.410 e. The third-order valence-corrected chi connectivity index (χ3v) is 2.33. The first-order valence-corrected chi connectivity index (χ1v) is 5.04. The van der Waals surface area contributed by atoms with Gasteiger partial charge in [0.05, 0.1) is 24.4 Å². The van der Waals surface area contributed by atoms with Crippen molar-refractivity contribution in [2.75, 3.05) is 7.11 Å². The molecule has 0 spiro atoms. The zero-order chi connectivity index (χ0) is 13.9. The van der Waals surface area contributed by atoms with Crippen LogP contribution in [0.3, 0.4) is 0 Å². The number of ether oxygens (including phenoxy) is 1. The Hall–Kier alpha value is -1.64. The van der Waals surface area contributed by atoms with E-state index < -0.39 is 18.1 Å². The molecule has 6 nitrogen and oxygen atoms in total. The topological polar surface area (TPSA) is 83.0 Å². The lowest BCUT2D eigenvalue weighted by atomic mass is 10.2. The van der Waals surface area contributed by atoms with E-state index in [1.54, 1.807) is 0 Å². The number of hydrogen-bond acceptors (Lipinski definition) is 4. The zero-order valence-corrected chi connectivity index (χ0v) is 9.86. The maximum absolute atomic E-state index is 12.6. The molecule has 1 unspecified atom stereocenters. The number of nitrogens with two attached hydrogens (primary N) is 1. The molecule has 1 rings (SSSR count). The standard InChI is InChI=1S/C9H13F3N4O2/c1-5(9(10,11)12)16-7(4-18-2)6(14-15-16)3-8(13)17/h5H,3-4H2,1-2H3,(H2,13,17). The number of carbonyl (C=O) groups excluding carboxylic acids is 1. The second-order valence-electron chi connectivity index (χ2n) is 3.72. The number of alkyl halides is 3. The van der Waals surface area contributed by atoms with Crippen LogP contribution in [-0.4, -0.2) is 34.2 Å². The van der Waals surface area contributed by atoms with Gasteiger partial charge in [-0.25, -0.2) is 4.68 Å². The van der Waals surface area contributed by atoms with E-state index in [0.29, 0.717) is 4.68 Å². The highest BCUT2D eigenvalue weighted by Gasteiger charge is 2.39. The second-order valence-corrected chi connectivity index (χ2v) is 3.72. The number of amides is 1. The molecule has 2 N–H and O–H groups in total. The fourth-order valence-corrected chi connectivity index (χ4v) is 1.38. The van der Waals surface area contributed by atoms with Gasteiger partial charge in [0.2, 0.25) is 5.91 Å². The van der Waals surface area contributed by atoms with Gasteiger partial charge in [-0.2, -0.15) is 13.2 Å². The Balaban J connectivity index is 3.12. The van der Waals surface area contributed by atoms with Gasteiger partial charge >= 0.3 is 6.18 Å². The summed E-state index contributed by atoms with van der Waals surface area (Å²) in [7, 11) is 1.32. The van der Waals surface area contributed by atoms with E-state index in [1.165, 1.54) is 7.11 Å². The highest BCUT2D eigenvalue weighted by molar-refractivity contribution is 5.76. The van der Waals surface area contributed by atoms with Gasteiger partial charge in [0.25, 0.3) is 0 Å². The minimum Gasteiger partial charge on any atom is -0.378 e. The SMILES string of the molecule is COCc1c(CC(N)=O)nnn1C(C)C(F)(F)F. The van der Waals surface area contributed by atoms with E-state index in [0.717, 1.165) is 6.92 Å². The highest BCUT2D eigenvalue weighted by Crippen LogP contribution is 2.30. The van der Waals surface area contributed by atoms with Gasteiger partial charge in [0.15, 0.2) is 0 Å². The van der Waals surface area contributed by atoms with Crippen LogP contribution in [0, 0.1) is 0 Å². The van der Waals surface area contributed by atoms with Crippen molar-refractivity contribution in [1.82, 2.24) is 15.0 Å².